The summed E-state index contributed by atoms with van der Waals surface area (Å²) in [6.45, 7) is 3.72. The third-order valence-electron chi connectivity index (χ3n) is 3.55. The second-order valence-corrected chi connectivity index (χ2v) is 5.38. The van der Waals surface area contributed by atoms with E-state index in [1.54, 1.807) is 30.8 Å². The molecule has 2 rings (SSSR count). The lowest BCUT2D eigenvalue weighted by atomic mass is 10.2. The zero-order valence-electron chi connectivity index (χ0n) is 13.8. The van der Waals surface area contributed by atoms with E-state index in [2.05, 4.69) is 21.0 Å². The first-order valence-electron chi connectivity index (χ1n) is 7.43. The zero-order chi connectivity index (χ0) is 17.7. The van der Waals surface area contributed by atoms with Crippen LogP contribution in [0.3, 0.4) is 0 Å². The lowest BCUT2D eigenvalue weighted by Gasteiger charge is -2.09. The minimum absolute atomic E-state index is 0.164. The maximum Gasteiger partial charge on any atom is 0.315 e. The summed E-state index contributed by atoms with van der Waals surface area (Å²) in [6, 6.07) is 5.32. The smallest absolute Gasteiger partial charge is 0.315 e. The van der Waals surface area contributed by atoms with Gasteiger partial charge in [0.05, 0.1) is 23.6 Å². The second kappa shape index (κ2) is 7.58. The number of hydrogen-bond donors (Lipinski definition) is 3. The minimum atomic E-state index is -0.478. The van der Waals surface area contributed by atoms with Crippen molar-refractivity contribution in [3.8, 4) is 0 Å². The number of anilines is 1. The quantitative estimate of drug-likeness (QED) is 0.777. The molecule has 0 aliphatic rings. The third-order valence-corrected chi connectivity index (χ3v) is 3.55. The fourth-order valence-corrected chi connectivity index (χ4v) is 2.15. The van der Waals surface area contributed by atoms with Crippen molar-refractivity contribution in [1.82, 2.24) is 20.4 Å². The van der Waals surface area contributed by atoms with E-state index in [1.807, 2.05) is 6.92 Å². The predicted molar refractivity (Wildman–Crippen MR) is 88.0 cm³/mol. The van der Waals surface area contributed by atoms with E-state index in [4.69, 9.17) is 0 Å². The molecule has 0 radical (unpaired) electrons. The Kier molecular flexibility index (Phi) is 5.51. The number of aromatic nitrogens is 2. The van der Waals surface area contributed by atoms with Crippen LogP contribution < -0.4 is 16.0 Å². The van der Waals surface area contributed by atoms with Crippen molar-refractivity contribution in [3.63, 3.8) is 0 Å². The van der Waals surface area contributed by atoms with Gasteiger partial charge in [0, 0.05) is 13.6 Å². The zero-order valence-corrected chi connectivity index (χ0v) is 13.8. The Bertz CT molecular complexity index is 740. The van der Waals surface area contributed by atoms with Crippen LogP contribution in [-0.2, 0) is 18.4 Å². The van der Waals surface area contributed by atoms with Gasteiger partial charge in [-0.2, -0.15) is 5.10 Å². The van der Waals surface area contributed by atoms with Gasteiger partial charge in [-0.15, -0.1) is 0 Å². The van der Waals surface area contributed by atoms with E-state index in [-0.39, 0.29) is 24.8 Å². The van der Waals surface area contributed by atoms with Crippen molar-refractivity contribution in [2.45, 2.75) is 20.4 Å². The molecule has 3 N–H and O–H groups in total. The Balaban J connectivity index is 1.76. The van der Waals surface area contributed by atoms with E-state index in [1.165, 1.54) is 12.1 Å². The molecule has 0 saturated carbocycles. The number of urea groups is 1. The Morgan fingerprint density at radius 1 is 1.17 bits per heavy atom. The summed E-state index contributed by atoms with van der Waals surface area (Å²) in [5, 5.41) is 12.0. The van der Waals surface area contributed by atoms with Crippen LogP contribution in [-0.4, -0.2) is 28.3 Å². The van der Waals surface area contributed by atoms with E-state index >= 15 is 0 Å². The number of hydrogen-bond acceptors (Lipinski definition) is 3. The van der Waals surface area contributed by atoms with Crippen molar-refractivity contribution in [1.29, 1.82) is 0 Å². The van der Waals surface area contributed by atoms with Gasteiger partial charge >= 0.3 is 6.03 Å². The monoisotopic (exact) mass is 333 g/mol. The highest BCUT2D eigenvalue weighted by molar-refractivity contribution is 5.95. The highest BCUT2D eigenvalue weighted by Crippen LogP contribution is 2.17. The molecule has 0 unspecified atom stereocenters. The number of aryl methyl sites for hydroxylation is 2. The fraction of sp³-hybridized carbons (Fsp3) is 0.312. The highest BCUT2D eigenvalue weighted by atomic mass is 19.1. The molecule has 0 aliphatic carbocycles. The van der Waals surface area contributed by atoms with Gasteiger partial charge in [0.1, 0.15) is 5.82 Å². The predicted octanol–water partition coefficient (Wildman–Crippen LogP) is 1.61. The van der Waals surface area contributed by atoms with Gasteiger partial charge in [-0.05, 0) is 31.5 Å². The molecule has 0 aliphatic heterocycles. The molecule has 2 aromatic rings. The first-order valence-corrected chi connectivity index (χ1v) is 7.43. The number of halogens is 1. The Morgan fingerprint density at radius 3 is 2.42 bits per heavy atom. The minimum Gasteiger partial charge on any atom is -0.334 e. The molecule has 0 atom stereocenters. The fourth-order valence-electron chi connectivity index (χ4n) is 2.15. The topological polar surface area (TPSA) is 88.1 Å². The molecular formula is C16H20FN5O2. The summed E-state index contributed by atoms with van der Waals surface area (Å²) < 4.78 is 14.5. The molecule has 0 spiro atoms. The third kappa shape index (κ3) is 4.55. The molecule has 8 heteroatoms. The number of carbonyl (C=O) groups is 2. The average Bonchev–Trinajstić information content (AvgIpc) is 2.78. The average molecular weight is 333 g/mol. The van der Waals surface area contributed by atoms with Crippen LogP contribution in [0.25, 0.3) is 0 Å². The molecule has 3 amide bonds. The number of rotatable bonds is 5. The van der Waals surface area contributed by atoms with Crippen LogP contribution in [0.15, 0.2) is 24.3 Å². The summed E-state index contributed by atoms with van der Waals surface area (Å²) in [6.07, 6.45) is 0. The summed E-state index contributed by atoms with van der Waals surface area (Å²) in [4.78, 5) is 23.6. The molecule has 24 heavy (non-hydrogen) atoms. The number of nitrogens with one attached hydrogen (secondary N) is 3. The van der Waals surface area contributed by atoms with Gasteiger partial charge in [-0.3, -0.25) is 9.48 Å². The van der Waals surface area contributed by atoms with E-state index in [0.29, 0.717) is 11.4 Å². The van der Waals surface area contributed by atoms with Crippen LogP contribution in [0.5, 0.6) is 0 Å². The molecule has 1 heterocycles. The summed E-state index contributed by atoms with van der Waals surface area (Å²) >= 11 is 0. The lowest BCUT2D eigenvalue weighted by molar-refractivity contribution is -0.115. The number of benzene rings is 1. The van der Waals surface area contributed by atoms with Crippen molar-refractivity contribution in [2.24, 2.45) is 7.05 Å². The standard InChI is InChI=1S/C16H20FN5O2/c1-10-15(11(2)22(3)21-10)20-14(23)9-19-16(24)18-8-12-4-6-13(17)7-5-12/h4-7H,8-9H2,1-3H3,(H,20,23)(H2,18,19,24). The van der Waals surface area contributed by atoms with E-state index < -0.39 is 6.03 Å². The van der Waals surface area contributed by atoms with Gasteiger partial charge in [-0.25, -0.2) is 9.18 Å². The summed E-state index contributed by atoms with van der Waals surface area (Å²) in [5.74, 6) is -0.674. The highest BCUT2D eigenvalue weighted by Gasteiger charge is 2.13. The number of carbonyl (C=O) groups excluding carboxylic acids is 2. The molecule has 1 aromatic carbocycles. The lowest BCUT2D eigenvalue weighted by Crippen LogP contribution is -2.39. The molecule has 0 fully saturated rings. The van der Waals surface area contributed by atoms with Crippen LogP contribution in [0.4, 0.5) is 14.9 Å². The molecular weight excluding hydrogens is 313 g/mol. The first-order chi connectivity index (χ1) is 11.4. The Hall–Kier alpha value is -2.90. The van der Waals surface area contributed by atoms with Crippen LogP contribution in [0.2, 0.25) is 0 Å². The van der Waals surface area contributed by atoms with Gasteiger partial charge < -0.3 is 16.0 Å². The Morgan fingerprint density at radius 2 is 1.83 bits per heavy atom. The largest absolute Gasteiger partial charge is 0.334 e. The maximum atomic E-state index is 12.8. The van der Waals surface area contributed by atoms with Crippen LogP contribution in [0, 0.1) is 19.7 Å². The Labute approximate surface area is 139 Å². The van der Waals surface area contributed by atoms with Crippen LogP contribution >= 0.6 is 0 Å². The van der Waals surface area contributed by atoms with Crippen molar-refractivity contribution >= 4 is 17.6 Å². The molecule has 1 aromatic heterocycles. The number of nitrogens with zero attached hydrogens (tertiary/aromatic N) is 2. The van der Waals surface area contributed by atoms with Crippen molar-refractivity contribution in [2.75, 3.05) is 11.9 Å². The van der Waals surface area contributed by atoms with Gasteiger partial charge in [0.2, 0.25) is 5.91 Å². The van der Waals surface area contributed by atoms with Crippen molar-refractivity contribution in [3.05, 3.63) is 47.0 Å². The van der Waals surface area contributed by atoms with Gasteiger partial charge in [-0.1, -0.05) is 12.1 Å². The van der Waals surface area contributed by atoms with Gasteiger partial charge in [0.25, 0.3) is 0 Å². The SMILES string of the molecule is Cc1nn(C)c(C)c1NC(=O)CNC(=O)NCc1ccc(F)cc1. The van der Waals surface area contributed by atoms with Crippen LogP contribution in [0.1, 0.15) is 17.0 Å². The summed E-state index contributed by atoms with van der Waals surface area (Å²) in [5.41, 5.74) is 2.96. The van der Waals surface area contributed by atoms with Crippen molar-refractivity contribution < 1.29 is 14.0 Å². The van der Waals surface area contributed by atoms with E-state index in [0.717, 1.165) is 11.3 Å². The number of amides is 3. The molecule has 7 nitrogen and oxygen atoms in total. The molecule has 0 saturated heterocycles. The molecule has 0 bridgehead atoms. The van der Waals surface area contributed by atoms with E-state index in [9.17, 15) is 14.0 Å². The normalized spacial score (nSPS) is 10.3. The van der Waals surface area contributed by atoms with Gasteiger partial charge in [0.15, 0.2) is 0 Å². The molecule has 128 valence electrons. The first kappa shape index (κ1) is 17.5. The maximum absolute atomic E-state index is 12.8. The second-order valence-electron chi connectivity index (χ2n) is 5.38. The summed E-state index contributed by atoms with van der Waals surface area (Å²) in [7, 11) is 1.79.